The van der Waals surface area contributed by atoms with E-state index in [0.29, 0.717) is 21.7 Å². The van der Waals surface area contributed by atoms with Gasteiger partial charge in [-0.3, -0.25) is 9.59 Å². The van der Waals surface area contributed by atoms with Gasteiger partial charge in [0.25, 0.3) is 5.91 Å². The molecule has 0 radical (unpaired) electrons. The number of amides is 2. The Morgan fingerprint density at radius 2 is 1.93 bits per heavy atom. The lowest BCUT2D eigenvalue weighted by atomic mass is 10.1. The zero-order valence-electron chi connectivity index (χ0n) is 16.7. The largest absolute Gasteiger partial charge is 0.339 e. The lowest BCUT2D eigenvalue weighted by Crippen LogP contribution is -2.44. The van der Waals surface area contributed by atoms with E-state index < -0.39 is 11.9 Å². The van der Waals surface area contributed by atoms with Crippen LogP contribution in [0.1, 0.15) is 35.8 Å². The van der Waals surface area contributed by atoms with Gasteiger partial charge in [0.2, 0.25) is 5.91 Å². The number of thioether (sulfide) groups is 2. The summed E-state index contributed by atoms with van der Waals surface area (Å²) in [7, 11) is 0. The highest BCUT2D eigenvalue weighted by Crippen LogP contribution is 2.20. The molecule has 0 aliphatic carbocycles. The van der Waals surface area contributed by atoms with Crippen molar-refractivity contribution in [1.82, 2.24) is 15.3 Å². The van der Waals surface area contributed by atoms with Crippen LogP contribution in [0.5, 0.6) is 0 Å². The number of aryl methyl sites for hydroxylation is 1. The predicted octanol–water partition coefficient (Wildman–Crippen LogP) is 4.54. The summed E-state index contributed by atoms with van der Waals surface area (Å²) in [6.45, 7) is 4.06. The van der Waals surface area contributed by atoms with Crippen molar-refractivity contribution >= 4 is 57.0 Å². The maximum Gasteiger partial charge on any atom is 0.271 e. The van der Waals surface area contributed by atoms with Gasteiger partial charge < -0.3 is 10.6 Å². The van der Waals surface area contributed by atoms with E-state index in [0.717, 1.165) is 23.5 Å². The number of carbonyl (C=O) groups is 2. The molecule has 156 valence electrons. The average molecular weight is 497 g/mol. The number of anilines is 1. The molecule has 2 rings (SSSR count). The molecule has 0 saturated heterocycles. The van der Waals surface area contributed by atoms with Crippen LogP contribution in [0.3, 0.4) is 0 Å². The highest BCUT2D eigenvalue weighted by Gasteiger charge is 2.23. The van der Waals surface area contributed by atoms with Gasteiger partial charge in [-0.25, -0.2) is 9.97 Å². The second-order valence-corrected chi connectivity index (χ2v) is 9.26. The van der Waals surface area contributed by atoms with Crippen molar-refractivity contribution in [3.8, 4) is 0 Å². The first-order valence-corrected chi connectivity index (χ1v) is 12.4. The lowest BCUT2D eigenvalue weighted by Gasteiger charge is -2.18. The van der Waals surface area contributed by atoms with Gasteiger partial charge in [0.15, 0.2) is 5.16 Å². The molecular formula is C20H25BrN4O2S2. The van der Waals surface area contributed by atoms with Crippen LogP contribution in [-0.2, 0) is 4.79 Å². The standard InChI is InChI=1S/C20H25BrN4O2S2/c1-4-10-29-20-22-12-15(21)17(25-20)19(27)24-16(9-11-28-3)18(26)23-14-7-5-13(2)6-8-14/h5-8,12,16H,4,9-11H2,1-3H3,(H,23,26)(H,24,27)/t16-/m0/s1. The van der Waals surface area contributed by atoms with Crippen molar-refractivity contribution in [2.75, 3.05) is 23.1 Å². The van der Waals surface area contributed by atoms with E-state index in [4.69, 9.17) is 0 Å². The van der Waals surface area contributed by atoms with Crippen molar-refractivity contribution in [2.24, 2.45) is 0 Å². The molecule has 29 heavy (non-hydrogen) atoms. The van der Waals surface area contributed by atoms with Crippen LogP contribution in [0, 0.1) is 6.92 Å². The Bertz CT molecular complexity index is 834. The molecule has 1 aromatic carbocycles. The molecule has 0 fully saturated rings. The van der Waals surface area contributed by atoms with E-state index in [1.165, 1.54) is 11.8 Å². The van der Waals surface area contributed by atoms with Gasteiger partial charge in [-0.15, -0.1) is 0 Å². The van der Waals surface area contributed by atoms with Crippen molar-refractivity contribution in [3.63, 3.8) is 0 Å². The van der Waals surface area contributed by atoms with Crippen LogP contribution < -0.4 is 10.6 Å². The quantitative estimate of drug-likeness (QED) is 0.371. The van der Waals surface area contributed by atoms with Gasteiger partial charge in [-0.1, -0.05) is 36.4 Å². The topological polar surface area (TPSA) is 84.0 Å². The summed E-state index contributed by atoms with van der Waals surface area (Å²) >= 11 is 6.46. The van der Waals surface area contributed by atoms with Gasteiger partial charge in [0.05, 0.1) is 4.47 Å². The van der Waals surface area contributed by atoms with Crippen LogP contribution in [-0.4, -0.2) is 45.6 Å². The summed E-state index contributed by atoms with van der Waals surface area (Å²) in [5, 5.41) is 6.25. The number of carbonyl (C=O) groups excluding carboxylic acids is 2. The minimum atomic E-state index is -0.662. The normalized spacial score (nSPS) is 11.7. The first-order chi connectivity index (χ1) is 13.9. The Hall–Kier alpha value is -1.58. The van der Waals surface area contributed by atoms with Crippen molar-refractivity contribution in [3.05, 3.63) is 46.2 Å². The van der Waals surface area contributed by atoms with Crippen LogP contribution in [0.2, 0.25) is 0 Å². The SMILES string of the molecule is CCCSc1ncc(Br)c(C(=O)N[C@@H](CCSC)C(=O)Nc2ccc(C)cc2)n1. The number of benzene rings is 1. The Kier molecular flexibility index (Phi) is 9.96. The van der Waals surface area contributed by atoms with Gasteiger partial charge in [-0.05, 0) is 59.8 Å². The molecule has 6 nitrogen and oxygen atoms in total. The van der Waals surface area contributed by atoms with Gasteiger partial charge >= 0.3 is 0 Å². The first kappa shape index (κ1) is 23.7. The van der Waals surface area contributed by atoms with Crippen LogP contribution >= 0.6 is 39.5 Å². The van der Waals surface area contributed by atoms with E-state index in [1.54, 1.807) is 18.0 Å². The number of nitrogens with zero attached hydrogens (tertiary/aromatic N) is 2. The summed E-state index contributed by atoms with van der Waals surface area (Å²) < 4.78 is 0.499. The summed E-state index contributed by atoms with van der Waals surface area (Å²) in [5.41, 5.74) is 2.04. The molecule has 0 saturated carbocycles. The summed E-state index contributed by atoms with van der Waals surface area (Å²) in [6.07, 6.45) is 5.05. The molecule has 0 bridgehead atoms. The second-order valence-electron chi connectivity index (χ2n) is 6.36. The number of aromatic nitrogens is 2. The Balaban J connectivity index is 2.13. The second kappa shape index (κ2) is 12.2. The Morgan fingerprint density at radius 1 is 1.21 bits per heavy atom. The smallest absolute Gasteiger partial charge is 0.271 e. The fourth-order valence-electron chi connectivity index (χ4n) is 2.37. The monoisotopic (exact) mass is 496 g/mol. The van der Waals surface area contributed by atoms with E-state index in [1.807, 2.05) is 37.4 Å². The molecule has 0 unspecified atom stereocenters. The van der Waals surface area contributed by atoms with Crippen molar-refractivity contribution in [1.29, 1.82) is 0 Å². The lowest BCUT2D eigenvalue weighted by molar-refractivity contribution is -0.118. The van der Waals surface area contributed by atoms with Gasteiger partial charge in [0, 0.05) is 17.6 Å². The number of rotatable bonds is 10. The molecule has 0 spiro atoms. The van der Waals surface area contributed by atoms with Crippen molar-refractivity contribution < 1.29 is 9.59 Å². The van der Waals surface area contributed by atoms with Crippen LogP contribution in [0.4, 0.5) is 5.69 Å². The van der Waals surface area contributed by atoms with Gasteiger partial charge in [-0.2, -0.15) is 11.8 Å². The zero-order chi connectivity index (χ0) is 21.2. The Morgan fingerprint density at radius 3 is 2.59 bits per heavy atom. The summed E-state index contributed by atoms with van der Waals surface area (Å²) in [5.74, 6) is 0.970. The molecule has 9 heteroatoms. The summed E-state index contributed by atoms with van der Waals surface area (Å²) in [4.78, 5) is 34.2. The number of hydrogen-bond acceptors (Lipinski definition) is 6. The average Bonchev–Trinajstić information content (AvgIpc) is 2.71. The first-order valence-electron chi connectivity index (χ1n) is 9.27. The molecule has 2 aromatic rings. The molecule has 0 aliphatic rings. The van der Waals surface area contributed by atoms with E-state index in [-0.39, 0.29) is 11.6 Å². The molecular weight excluding hydrogens is 472 g/mol. The number of halogens is 1. The van der Waals surface area contributed by atoms with E-state index >= 15 is 0 Å². The highest BCUT2D eigenvalue weighted by molar-refractivity contribution is 9.10. The molecule has 1 heterocycles. The molecule has 2 N–H and O–H groups in total. The predicted molar refractivity (Wildman–Crippen MR) is 125 cm³/mol. The molecule has 2 amide bonds. The minimum absolute atomic E-state index is 0.232. The highest BCUT2D eigenvalue weighted by atomic mass is 79.9. The number of nitrogens with one attached hydrogen (secondary N) is 2. The third kappa shape index (κ3) is 7.64. The zero-order valence-corrected chi connectivity index (χ0v) is 19.9. The fraction of sp³-hybridized carbons (Fsp3) is 0.400. The maximum atomic E-state index is 12.8. The summed E-state index contributed by atoms with van der Waals surface area (Å²) in [6, 6.07) is 6.89. The van der Waals surface area contributed by atoms with Crippen molar-refractivity contribution in [2.45, 2.75) is 37.9 Å². The van der Waals surface area contributed by atoms with Crippen LogP contribution in [0.25, 0.3) is 0 Å². The Labute approximate surface area is 188 Å². The van der Waals surface area contributed by atoms with E-state index in [9.17, 15) is 9.59 Å². The molecule has 1 aromatic heterocycles. The van der Waals surface area contributed by atoms with Crippen LogP contribution in [0.15, 0.2) is 40.1 Å². The number of hydrogen-bond donors (Lipinski definition) is 2. The van der Waals surface area contributed by atoms with E-state index in [2.05, 4.69) is 43.5 Å². The maximum absolute atomic E-state index is 12.8. The molecule has 0 aliphatic heterocycles. The van der Waals surface area contributed by atoms with Gasteiger partial charge in [0.1, 0.15) is 11.7 Å². The minimum Gasteiger partial charge on any atom is -0.339 e. The third-order valence-corrected chi connectivity index (χ3v) is 6.22. The molecule has 1 atom stereocenters. The third-order valence-electron chi connectivity index (χ3n) is 3.92. The fourth-order valence-corrected chi connectivity index (χ4v) is 3.88.